The maximum Gasteiger partial charge on any atom is 0.123 e. The van der Waals surface area contributed by atoms with E-state index in [4.69, 9.17) is 9.47 Å². The van der Waals surface area contributed by atoms with E-state index in [9.17, 15) is 0 Å². The highest BCUT2D eigenvalue weighted by Gasteiger charge is 2.17. The monoisotopic (exact) mass is 221 g/mol. The summed E-state index contributed by atoms with van der Waals surface area (Å²) in [6.07, 6.45) is 3.95. The van der Waals surface area contributed by atoms with Crippen LogP contribution in [0, 0.1) is 0 Å². The normalized spacial score (nSPS) is 15.6. The molecule has 0 heterocycles. The van der Waals surface area contributed by atoms with Gasteiger partial charge < -0.3 is 14.8 Å². The van der Waals surface area contributed by atoms with Crippen LogP contribution in [0.4, 0.5) is 0 Å². The maximum atomic E-state index is 5.33. The molecule has 3 heteroatoms. The number of hydrogen-bond acceptors (Lipinski definition) is 3. The summed E-state index contributed by atoms with van der Waals surface area (Å²) in [6.45, 7) is 0.852. The van der Waals surface area contributed by atoms with E-state index in [1.165, 1.54) is 19.3 Å². The Morgan fingerprint density at radius 3 is 2.62 bits per heavy atom. The molecule has 0 amide bonds. The summed E-state index contributed by atoms with van der Waals surface area (Å²) in [6, 6.07) is 6.60. The van der Waals surface area contributed by atoms with Gasteiger partial charge in [0.1, 0.15) is 11.5 Å². The molecule has 1 aliphatic carbocycles. The lowest BCUT2D eigenvalue weighted by Crippen LogP contribution is -2.34. The fourth-order valence-corrected chi connectivity index (χ4v) is 1.89. The van der Waals surface area contributed by atoms with Crippen LogP contribution in [0.25, 0.3) is 0 Å². The number of methoxy groups -OCH3 is 2. The van der Waals surface area contributed by atoms with Crippen molar-refractivity contribution in [2.24, 2.45) is 0 Å². The molecule has 0 bridgehead atoms. The average molecular weight is 221 g/mol. The van der Waals surface area contributed by atoms with Gasteiger partial charge in [0.05, 0.1) is 14.2 Å². The summed E-state index contributed by atoms with van der Waals surface area (Å²) in [4.78, 5) is 0. The van der Waals surface area contributed by atoms with Crippen molar-refractivity contribution in [3.8, 4) is 11.5 Å². The number of ether oxygens (including phenoxy) is 2. The highest BCUT2D eigenvalue weighted by Crippen LogP contribution is 2.25. The highest BCUT2D eigenvalue weighted by atomic mass is 16.5. The van der Waals surface area contributed by atoms with Crippen molar-refractivity contribution in [2.45, 2.75) is 31.8 Å². The van der Waals surface area contributed by atoms with Gasteiger partial charge in [-0.25, -0.2) is 0 Å². The van der Waals surface area contributed by atoms with E-state index < -0.39 is 0 Å². The van der Waals surface area contributed by atoms with Crippen LogP contribution in [0.5, 0.6) is 11.5 Å². The van der Waals surface area contributed by atoms with Gasteiger partial charge in [-0.15, -0.1) is 0 Å². The van der Waals surface area contributed by atoms with E-state index in [0.29, 0.717) is 6.04 Å². The average Bonchev–Trinajstić information content (AvgIpc) is 2.26. The first-order valence-corrected chi connectivity index (χ1v) is 5.78. The zero-order valence-corrected chi connectivity index (χ0v) is 9.95. The second-order valence-electron chi connectivity index (χ2n) is 4.19. The molecule has 1 fully saturated rings. The van der Waals surface area contributed by atoms with Crippen LogP contribution in [-0.2, 0) is 6.54 Å². The Labute approximate surface area is 96.8 Å². The van der Waals surface area contributed by atoms with Crippen LogP contribution >= 0.6 is 0 Å². The van der Waals surface area contributed by atoms with Gasteiger partial charge in [-0.05, 0) is 31.0 Å². The fraction of sp³-hybridized carbons (Fsp3) is 0.538. The van der Waals surface area contributed by atoms with Crippen molar-refractivity contribution < 1.29 is 9.47 Å². The standard InChI is InChI=1S/C13H19NO2/c1-15-12-6-7-13(16-2)10(8-12)9-14-11-4-3-5-11/h6-8,11,14H,3-5,9H2,1-2H3. The minimum atomic E-state index is 0.691. The van der Waals surface area contributed by atoms with E-state index in [-0.39, 0.29) is 0 Å². The molecule has 3 nitrogen and oxygen atoms in total. The Balaban J connectivity index is 2.03. The van der Waals surface area contributed by atoms with Crippen LogP contribution in [0.1, 0.15) is 24.8 Å². The van der Waals surface area contributed by atoms with Crippen LogP contribution in [-0.4, -0.2) is 20.3 Å². The first-order valence-electron chi connectivity index (χ1n) is 5.78. The number of nitrogens with one attached hydrogen (secondary N) is 1. The van der Waals surface area contributed by atoms with Gasteiger partial charge in [-0.2, -0.15) is 0 Å². The van der Waals surface area contributed by atoms with Crippen molar-refractivity contribution in [3.63, 3.8) is 0 Å². The van der Waals surface area contributed by atoms with Crippen LogP contribution in [0.2, 0.25) is 0 Å². The Bertz CT molecular complexity index is 348. The summed E-state index contributed by atoms with van der Waals surface area (Å²) in [5, 5.41) is 3.53. The zero-order valence-electron chi connectivity index (χ0n) is 9.95. The molecule has 0 atom stereocenters. The van der Waals surface area contributed by atoms with Gasteiger partial charge in [0, 0.05) is 18.2 Å². The lowest BCUT2D eigenvalue weighted by molar-refractivity contribution is 0.333. The summed E-state index contributed by atoms with van der Waals surface area (Å²) in [5.41, 5.74) is 1.16. The predicted octanol–water partition coefficient (Wildman–Crippen LogP) is 2.35. The minimum absolute atomic E-state index is 0.691. The summed E-state index contributed by atoms with van der Waals surface area (Å²) >= 11 is 0. The first kappa shape index (κ1) is 11.3. The Morgan fingerprint density at radius 1 is 1.25 bits per heavy atom. The molecule has 2 rings (SSSR count). The molecule has 1 aliphatic rings. The van der Waals surface area contributed by atoms with E-state index in [2.05, 4.69) is 5.32 Å². The SMILES string of the molecule is COc1ccc(OC)c(CNC2CCC2)c1. The Kier molecular flexibility index (Phi) is 3.67. The second-order valence-corrected chi connectivity index (χ2v) is 4.19. The van der Waals surface area contributed by atoms with Crippen molar-refractivity contribution in [1.82, 2.24) is 5.32 Å². The van der Waals surface area contributed by atoms with Crippen molar-refractivity contribution in [1.29, 1.82) is 0 Å². The third kappa shape index (κ3) is 2.47. The fourth-order valence-electron chi connectivity index (χ4n) is 1.89. The second kappa shape index (κ2) is 5.21. The predicted molar refractivity (Wildman–Crippen MR) is 64.0 cm³/mol. The van der Waals surface area contributed by atoms with Crippen LogP contribution < -0.4 is 14.8 Å². The molecule has 1 aromatic carbocycles. The van der Waals surface area contributed by atoms with Crippen molar-refractivity contribution >= 4 is 0 Å². The molecular weight excluding hydrogens is 202 g/mol. The molecule has 0 saturated heterocycles. The summed E-state index contributed by atoms with van der Waals surface area (Å²) in [5.74, 6) is 1.80. The van der Waals surface area contributed by atoms with Gasteiger partial charge in [-0.1, -0.05) is 6.42 Å². The molecule has 0 radical (unpaired) electrons. The minimum Gasteiger partial charge on any atom is -0.497 e. The van der Waals surface area contributed by atoms with Crippen LogP contribution in [0.15, 0.2) is 18.2 Å². The molecule has 1 N–H and O–H groups in total. The van der Waals surface area contributed by atoms with Gasteiger partial charge in [0.15, 0.2) is 0 Å². The zero-order chi connectivity index (χ0) is 11.4. The van der Waals surface area contributed by atoms with Gasteiger partial charge in [-0.3, -0.25) is 0 Å². The van der Waals surface area contributed by atoms with Crippen LogP contribution in [0.3, 0.4) is 0 Å². The molecular formula is C13H19NO2. The molecule has 0 unspecified atom stereocenters. The van der Waals surface area contributed by atoms with E-state index in [0.717, 1.165) is 23.6 Å². The topological polar surface area (TPSA) is 30.5 Å². The summed E-state index contributed by atoms with van der Waals surface area (Å²) < 4.78 is 10.6. The smallest absolute Gasteiger partial charge is 0.123 e. The van der Waals surface area contributed by atoms with Gasteiger partial charge >= 0.3 is 0 Å². The molecule has 1 aromatic rings. The Hall–Kier alpha value is -1.22. The highest BCUT2D eigenvalue weighted by molar-refractivity contribution is 5.40. The van der Waals surface area contributed by atoms with Gasteiger partial charge in [0.25, 0.3) is 0 Å². The molecule has 0 spiro atoms. The van der Waals surface area contributed by atoms with Crippen molar-refractivity contribution in [2.75, 3.05) is 14.2 Å². The largest absolute Gasteiger partial charge is 0.497 e. The first-order chi connectivity index (χ1) is 7.83. The summed E-state index contributed by atoms with van der Waals surface area (Å²) in [7, 11) is 3.39. The van der Waals surface area contributed by atoms with E-state index in [1.807, 2.05) is 18.2 Å². The number of hydrogen-bond donors (Lipinski definition) is 1. The Morgan fingerprint density at radius 2 is 2.06 bits per heavy atom. The third-order valence-corrected chi connectivity index (χ3v) is 3.17. The van der Waals surface area contributed by atoms with Crippen molar-refractivity contribution in [3.05, 3.63) is 23.8 Å². The lowest BCUT2D eigenvalue weighted by atomic mass is 9.93. The quantitative estimate of drug-likeness (QED) is 0.828. The van der Waals surface area contributed by atoms with Gasteiger partial charge in [0.2, 0.25) is 0 Å². The number of benzene rings is 1. The van der Waals surface area contributed by atoms with E-state index in [1.54, 1.807) is 14.2 Å². The molecule has 0 aromatic heterocycles. The maximum absolute atomic E-state index is 5.33. The molecule has 16 heavy (non-hydrogen) atoms. The lowest BCUT2D eigenvalue weighted by Gasteiger charge is -2.27. The molecule has 1 saturated carbocycles. The third-order valence-electron chi connectivity index (χ3n) is 3.17. The number of rotatable bonds is 5. The molecule has 0 aliphatic heterocycles. The molecule has 88 valence electrons. The van der Waals surface area contributed by atoms with E-state index >= 15 is 0 Å².